The number of thioether (sulfide) groups is 1. The number of rotatable bonds is 9. The standard InChI is InChI=1S/C21H23FN6S/c1-27-21(24-25-26-27)29-12-6-11-23-13-17-15-28(20-10-5-3-8-18(17)20)14-16-7-2-4-9-19(16)22/h2-5,7-10,15,23H,6,11-14H2,1H3. The monoisotopic (exact) mass is 410 g/mol. The first kappa shape index (κ1) is 19.6. The molecule has 0 spiro atoms. The van der Waals surface area contributed by atoms with E-state index in [2.05, 4.69) is 43.7 Å². The van der Waals surface area contributed by atoms with Gasteiger partial charge in [0.2, 0.25) is 5.16 Å². The molecule has 0 bridgehead atoms. The molecular weight excluding hydrogens is 387 g/mol. The van der Waals surface area contributed by atoms with Gasteiger partial charge >= 0.3 is 0 Å². The summed E-state index contributed by atoms with van der Waals surface area (Å²) in [7, 11) is 1.84. The first-order chi connectivity index (χ1) is 14.2. The number of tetrazole rings is 1. The van der Waals surface area contributed by atoms with Crippen LogP contribution < -0.4 is 5.32 Å². The third kappa shape index (κ3) is 4.65. The SMILES string of the molecule is Cn1nnnc1SCCCNCc1cn(Cc2ccccc2F)c2ccccc12. The Kier molecular flexibility index (Phi) is 6.21. The van der Waals surface area contributed by atoms with Gasteiger partial charge in [-0.1, -0.05) is 48.2 Å². The number of para-hydroxylation sites is 1. The maximum atomic E-state index is 14.1. The minimum absolute atomic E-state index is 0.166. The summed E-state index contributed by atoms with van der Waals surface area (Å²) in [5.74, 6) is 0.788. The fourth-order valence-corrected chi connectivity index (χ4v) is 4.12. The molecule has 2 aromatic heterocycles. The van der Waals surface area contributed by atoms with Crippen LogP contribution in [-0.4, -0.2) is 37.1 Å². The Bertz CT molecular complexity index is 1090. The van der Waals surface area contributed by atoms with Crippen LogP contribution in [0.3, 0.4) is 0 Å². The van der Waals surface area contributed by atoms with Crippen molar-refractivity contribution in [2.45, 2.75) is 24.7 Å². The first-order valence-electron chi connectivity index (χ1n) is 9.58. The molecule has 8 heteroatoms. The zero-order valence-corrected chi connectivity index (χ0v) is 17.1. The third-order valence-electron chi connectivity index (χ3n) is 4.80. The van der Waals surface area contributed by atoms with Crippen molar-refractivity contribution >= 4 is 22.7 Å². The van der Waals surface area contributed by atoms with Crippen molar-refractivity contribution in [2.24, 2.45) is 7.05 Å². The van der Waals surface area contributed by atoms with E-state index in [1.165, 1.54) is 17.0 Å². The number of nitrogens with one attached hydrogen (secondary N) is 1. The Morgan fingerprint density at radius 2 is 1.90 bits per heavy atom. The molecule has 0 saturated heterocycles. The summed E-state index contributed by atoms with van der Waals surface area (Å²) in [4.78, 5) is 0. The van der Waals surface area contributed by atoms with Crippen molar-refractivity contribution in [3.63, 3.8) is 0 Å². The lowest BCUT2D eigenvalue weighted by Crippen LogP contribution is -2.15. The Balaban J connectivity index is 1.36. The van der Waals surface area contributed by atoms with Crippen LogP contribution in [-0.2, 0) is 20.1 Å². The second-order valence-corrected chi connectivity index (χ2v) is 7.92. The highest BCUT2D eigenvalue weighted by atomic mass is 32.2. The van der Waals surface area contributed by atoms with Crippen molar-refractivity contribution in [1.82, 2.24) is 30.1 Å². The van der Waals surface area contributed by atoms with Gasteiger partial charge in [0.25, 0.3) is 0 Å². The van der Waals surface area contributed by atoms with Crippen molar-refractivity contribution in [3.8, 4) is 0 Å². The molecule has 0 aliphatic rings. The predicted molar refractivity (Wildman–Crippen MR) is 113 cm³/mol. The van der Waals surface area contributed by atoms with Gasteiger partial charge in [-0.05, 0) is 41.1 Å². The summed E-state index contributed by atoms with van der Waals surface area (Å²) >= 11 is 1.66. The second-order valence-electron chi connectivity index (χ2n) is 6.85. The largest absolute Gasteiger partial charge is 0.343 e. The Labute approximate surface area is 173 Å². The van der Waals surface area contributed by atoms with Gasteiger partial charge in [0.1, 0.15) is 5.82 Å². The quantitative estimate of drug-likeness (QED) is 0.337. The zero-order valence-electron chi connectivity index (χ0n) is 16.3. The molecule has 0 saturated carbocycles. The smallest absolute Gasteiger partial charge is 0.209 e. The molecule has 4 aromatic rings. The second kappa shape index (κ2) is 9.19. The van der Waals surface area contributed by atoms with E-state index >= 15 is 0 Å². The van der Waals surface area contributed by atoms with Crippen LogP contribution in [0.5, 0.6) is 0 Å². The maximum Gasteiger partial charge on any atom is 0.209 e. The van der Waals surface area contributed by atoms with Crippen LogP contribution in [0.4, 0.5) is 4.39 Å². The number of fused-ring (bicyclic) bond motifs is 1. The highest BCUT2D eigenvalue weighted by Gasteiger charge is 2.10. The number of hydrogen-bond acceptors (Lipinski definition) is 5. The van der Waals surface area contributed by atoms with Crippen LogP contribution in [0.15, 0.2) is 59.9 Å². The molecule has 0 fully saturated rings. The van der Waals surface area contributed by atoms with Gasteiger partial charge in [-0.3, -0.25) is 0 Å². The Morgan fingerprint density at radius 3 is 2.72 bits per heavy atom. The molecular formula is C21H23FN6S. The lowest BCUT2D eigenvalue weighted by Gasteiger charge is -2.06. The van der Waals surface area contributed by atoms with Crippen LogP contribution in [0.25, 0.3) is 10.9 Å². The molecule has 6 nitrogen and oxygen atoms in total. The maximum absolute atomic E-state index is 14.1. The van der Waals surface area contributed by atoms with Crippen molar-refractivity contribution in [2.75, 3.05) is 12.3 Å². The summed E-state index contributed by atoms with van der Waals surface area (Å²) in [6.45, 7) is 2.21. The molecule has 0 atom stereocenters. The summed E-state index contributed by atoms with van der Waals surface area (Å²) in [5, 5.41) is 17.0. The number of aromatic nitrogens is 5. The van der Waals surface area contributed by atoms with Gasteiger partial charge in [0, 0.05) is 42.0 Å². The number of aryl methyl sites for hydroxylation is 1. The summed E-state index contributed by atoms with van der Waals surface area (Å²) in [6.07, 6.45) is 3.15. The summed E-state index contributed by atoms with van der Waals surface area (Å²) in [6, 6.07) is 15.2. The zero-order chi connectivity index (χ0) is 20.1. The highest BCUT2D eigenvalue weighted by molar-refractivity contribution is 7.99. The van der Waals surface area contributed by atoms with Gasteiger partial charge < -0.3 is 9.88 Å². The van der Waals surface area contributed by atoms with Crippen molar-refractivity contribution < 1.29 is 4.39 Å². The number of halogens is 1. The van der Waals surface area contributed by atoms with E-state index in [-0.39, 0.29) is 5.82 Å². The minimum atomic E-state index is -0.166. The van der Waals surface area contributed by atoms with E-state index in [9.17, 15) is 4.39 Å². The van der Waals surface area contributed by atoms with E-state index in [0.717, 1.165) is 35.9 Å². The molecule has 2 heterocycles. The number of hydrogen-bond donors (Lipinski definition) is 1. The summed E-state index contributed by atoms with van der Waals surface area (Å²) in [5.41, 5.74) is 3.04. The molecule has 0 aliphatic heterocycles. The third-order valence-corrected chi connectivity index (χ3v) is 5.89. The minimum Gasteiger partial charge on any atom is -0.343 e. The molecule has 1 N–H and O–H groups in total. The van der Waals surface area contributed by atoms with E-state index in [4.69, 9.17) is 0 Å². The number of benzene rings is 2. The molecule has 29 heavy (non-hydrogen) atoms. The van der Waals surface area contributed by atoms with E-state index in [0.29, 0.717) is 12.1 Å². The lowest BCUT2D eigenvalue weighted by molar-refractivity contribution is 0.601. The Morgan fingerprint density at radius 1 is 1.07 bits per heavy atom. The highest BCUT2D eigenvalue weighted by Crippen LogP contribution is 2.23. The first-order valence-corrected chi connectivity index (χ1v) is 10.6. The van der Waals surface area contributed by atoms with Gasteiger partial charge in [-0.15, -0.1) is 5.10 Å². The molecule has 0 radical (unpaired) electrons. The van der Waals surface area contributed by atoms with Crippen LogP contribution >= 0.6 is 11.8 Å². The molecule has 0 aliphatic carbocycles. The van der Waals surface area contributed by atoms with Gasteiger partial charge in [-0.25, -0.2) is 9.07 Å². The fourth-order valence-electron chi connectivity index (χ4n) is 3.33. The van der Waals surface area contributed by atoms with Gasteiger partial charge in [0.15, 0.2) is 0 Å². The topological polar surface area (TPSA) is 60.6 Å². The molecule has 2 aromatic carbocycles. The van der Waals surface area contributed by atoms with Crippen LogP contribution in [0, 0.1) is 5.82 Å². The van der Waals surface area contributed by atoms with E-state index in [1.54, 1.807) is 22.5 Å². The summed E-state index contributed by atoms with van der Waals surface area (Å²) < 4.78 is 17.9. The number of nitrogens with zero attached hydrogens (tertiary/aromatic N) is 5. The fraction of sp³-hybridized carbons (Fsp3) is 0.286. The lowest BCUT2D eigenvalue weighted by atomic mass is 10.2. The van der Waals surface area contributed by atoms with Crippen molar-refractivity contribution in [1.29, 1.82) is 0 Å². The molecule has 0 amide bonds. The average Bonchev–Trinajstić information content (AvgIpc) is 3.30. The van der Waals surface area contributed by atoms with Gasteiger partial charge in [0.05, 0.1) is 6.54 Å². The molecule has 4 rings (SSSR count). The van der Waals surface area contributed by atoms with Crippen LogP contribution in [0.2, 0.25) is 0 Å². The molecule has 150 valence electrons. The predicted octanol–water partition coefficient (Wildman–Crippen LogP) is 3.62. The van der Waals surface area contributed by atoms with E-state index in [1.807, 2.05) is 31.3 Å². The van der Waals surface area contributed by atoms with E-state index < -0.39 is 0 Å². The Hall–Kier alpha value is -2.71. The van der Waals surface area contributed by atoms with Crippen molar-refractivity contribution in [3.05, 3.63) is 71.7 Å². The normalized spacial score (nSPS) is 11.4. The molecule has 0 unspecified atom stereocenters. The van der Waals surface area contributed by atoms with Gasteiger partial charge in [-0.2, -0.15) is 0 Å². The average molecular weight is 411 g/mol. The van der Waals surface area contributed by atoms with Crippen LogP contribution in [0.1, 0.15) is 17.5 Å².